The van der Waals surface area contributed by atoms with Crippen LogP contribution in [-0.2, 0) is 0 Å². The lowest BCUT2D eigenvalue weighted by atomic mass is 10.0. The number of nitrogens with two attached hydrogens (primary N) is 2. The van der Waals surface area contributed by atoms with Gasteiger partial charge in [-0.2, -0.15) is 0 Å². The van der Waals surface area contributed by atoms with Crippen molar-refractivity contribution in [2.24, 2.45) is 11.5 Å². The lowest BCUT2D eigenvalue weighted by Gasteiger charge is -2.14. The first kappa shape index (κ1) is 14.7. The van der Waals surface area contributed by atoms with Crippen LogP contribution >= 0.6 is 28.3 Å². The maximum Gasteiger partial charge on any atom is 0.123 e. The second-order valence-corrected chi connectivity index (χ2v) is 4.26. The van der Waals surface area contributed by atoms with Crippen molar-refractivity contribution in [3.05, 3.63) is 27.7 Å². The second kappa shape index (κ2) is 6.33. The molecule has 1 rings (SSSR count). The molecule has 5 N–H and O–H groups in total. The van der Waals surface area contributed by atoms with Crippen molar-refractivity contribution in [2.75, 3.05) is 6.54 Å². The van der Waals surface area contributed by atoms with E-state index in [1.54, 1.807) is 0 Å². The molecular weight excluding hydrogens is 279 g/mol. The molecule has 0 spiro atoms. The molecular formula is C10H16BrClN2O. The Bertz CT molecular complexity index is 333. The van der Waals surface area contributed by atoms with E-state index in [1.165, 1.54) is 0 Å². The number of phenols is 1. The Morgan fingerprint density at radius 2 is 2.07 bits per heavy atom. The molecule has 0 radical (unpaired) electrons. The summed E-state index contributed by atoms with van der Waals surface area (Å²) in [4.78, 5) is 0. The predicted molar refractivity (Wildman–Crippen MR) is 68.4 cm³/mol. The van der Waals surface area contributed by atoms with Gasteiger partial charge in [0.15, 0.2) is 0 Å². The van der Waals surface area contributed by atoms with Gasteiger partial charge in [-0.15, -0.1) is 12.4 Å². The van der Waals surface area contributed by atoms with E-state index in [4.69, 9.17) is 11.5 Å². The Morgan fingerprint density at radius 3 is 2.60 bits per heavy atom. The van der Waals surface area contributed by atoms with E-state index in [0.717, 1.165) is 15.6 Å². The highest BCUT2D eigenvalue weighted by atomic mass is 79.9. The summed E-state index contributed by atoms with van der Waals surface area (Å²) in [5, 5.41) is 9.78. The van der Waals surface area contributed by atoms with E-state index < -0.39 is 0 Å². The van der Waals surface area contributed by atoms with E-state index in [2.05, 4.69) is 15.9 Å². The number of hydrogen-bond acceptors (Lipinski definition) is 3. The lowest BCUT2D eigenvalue weighted by molar-refractivity contribution is 0.455. The molecule has 0 amide bonds. The van der Waals surface area contributed by atoms with Gasteiger partial charge in [0.2, 0.25) is 0 Å². The number of aryl methyl sites for hydroxylation is 1. The Balaban J connectivity index is 0.00000196. The van der Waals surface area contributed by atoms with Gasteiger partial charge in [0.05, 0.1) is 0 Å². The fraction of sp³-hybridized carbons (Fsp3) is 0.400. The zero-order valence-corrected chi connectivity index (χ0v) is 10.9. The third-order valence-electron chi connectivity index (χ3n) is 2.17. The predicted octanol–water partition coefficient (Wildman–Crippen LogP) is 2.23. The lowest BCUT2D eigenvalue weighted by Crippen LogP contribution is -2.15. The highest BCUT2D eigenvalue weighted by Crippen LogP contribution is 2.31. The van der Waals surface area contributed by atoms with E-state index in [-0.39, 0.29) is 24.2 Å². The van der Waals surface area contributed by atoms with Crippen molar-refractivity contribution >= 4 is 28.3 Å². The fourth-order valence-electron chi connectivity index (χ4n) is 1.38. The first-order valence-corrected chi connectivity index (χ1v) is 5.30. The Hall–Kier alpha value is -0.290. The molecule has 0 aromatic heterocycles. The molecule has 0 bridgehead atoms. The van der Waals surface area contributed by atoms with Gasteiger partial charge >= 0.3 is 0 Å². The van der Waals surface area contributed by atoms with Crippen LogP contribution in [0.15, 0.2) is 16.6 Å². The number of aromatic hydroxyl groups is 1. The van der Waals surface area contributed by atoms with Crippen molar-refractivity contribution in [1.29, 1.82) is 0 Å². The maximum absolute atomic E-state index is 9.78. The van der Waals surface area contributed by atoms with Crippen LogP contribution in [0.2, 0.25) is 0 Å². The number of halogens is 2. The van der Waals surface area contributed by atoms with Gasteiger partial charge in [-0.1, -0.05) is 15.9 Å². The molecule has 86 valence electrons. The molecule has 0 saturated carbocycles. The summed E-state index contributed by atoms with van der Waals surface area (Å²) in [7, 11) is 0. The van der Waals surface area contributed by atoms with Crippen LogP contribution < -0.4 is 11.5 Å². The molecule has 3 nitrogen and oxygen atoms in total. The van der Waals surface area contributed by atoms with Gasteiger partial charge in [0.1, 0.15) is 5.75 Å². The van der Waals surface area contributed by atoms with Gasteiger partial charge in [0, 0.05) is 16.1 Å². The summed E-state index contributed by atoms with van der Waals surface area (Å²) in [6.07, 6.45) is 0.670. The smallest absolute Gasteiger partial charge is 0.123 e. The van der Waals surface area contributed by atoms with Gasteiger partial charge < -0.3 is 16.6 Å². The highest BCUT2D eigenvalue weighted by molar-refractivity contribution is 9.10. The Morgan fingerprint density at radius 1 is 1.47 bits per heavy atom. The van der Waals surface area contributed by atoms with Crippen LogP contribution in [0, 0.1) is 6.92 Å². The number of rotatable bonds is 3. The molecule has 1 aromatic rings. The topological polar surface area (TPSA) is 72.3 Å². The third-order valence-corrected chi connectivity index (χ3v) is 2.63. The summed E-state index contributed by atoms with van der Waals surface area (Å²) in [6.45, 7) is 2.37. The van der Waals surface area contributed by atoms with Crippen molar-refractivity contribution in [3.8, 4) is 5.75 Å². The zero-order valence-electron chi connectivity index (χ0n) is 8.53. The quantitative estimate of drug-likeness (QED) is 0.801. The molecule has 0 unspecified atom stereocenters. The number of phenolic OH excluding ortho intramolecular Hbond substituents is 1. The third kappa shape index (κ3) is 3.65. The SMILES string of the molecule is Cc1cc(Br)cc([C@@H](N)CCN)c1O.Cl. The maximum atomic E-state index is 9.78. The summed E-state index contributed by atoms with van der Waals surface area (Å²) in [5.41, 5.74) is 12.9. The molecule has 0 saturated heterocycles. The van der Waals surface area contributed by atoms with E-state index >= 15 is 0 Å². The van der Waals surface area contributed by atoms with Crippen LogP contribution in [0.1, 0.15) is 23.6 Å². The molecule has 0 heterocycles. The Kier molecular flexibility index (Phi) is 6.20. The molecule has 0 aliphatic heterocycles. The van der Waals surface area contributed by atoms with Gasteiger partial charge in [0.25, 0.3) is 0 Å². The first-order valence-electron chi connectivity index (χ1n) is 4.51. The van der Waals surface area contributed by atoms with Gasteiger partial charge in [-0.25, -0.2) is 0 Å². The standard InChI is InChI=1S/C10H15BrN2O.ClH/c1-6-4-7(11)5-8(10(6)14)9(13)2-3-12;/h4-5,9,14H,2-3,12-13H2,1H3;1H/t9-;/m0./s1. The summed E-state index contributed by atoms with van der Waals surface area (Å²) in [5.74, 6) is 0.272. The molecule has 1 aromatic carbocycles. The minimum absolute atomic E-state index is 0. The molecule has 0 aliphatic carbocycles. The van der Waals surface area contributed by atoms with E-state index in [0.29, 0.717) is 13.0 Å². The van der Waals surface area contributed by atoms with Crippen molar-refractivity contribution in [2.45, 2.75) is 19.4 Å². The molecule has 0 fully saturated rings. The van der Waals surface area contributed by atoms with Crippen molar-refractivity contribution in [1.82, 2.24) is 0 Å². The normalized spacial score (nSPS) is 12.0. The average Bonchev–Trinajstić information content (AvgIpc) is 2.11. The van der Waals surface area contributed by atoms with Crippen LogP contribution in [-0.4, -0.2) is 11.7 Å². The molecule has 0 aliphatic rings. The van der Waals surface area contributed by atoms with Crippen molar-refractivity contribution in [3.63, 3.8) is 0 Å². The Labute approximate surface area is 104 Å². The van der Waals surface area contributed by atoms with Crippen molar-refractivity contribution < 1.29 is 5.11 Å². The van der Waals surface area contributed by atoms with Gasteiger partial charge in [-0.05, 0) is 37.6 Å². The second-order valence-electron chi connectivity index (χ2n) is 3.34. The summed E-state index contributed by atoms with van der Waals surface area (Å²) >= 11 is 3.37. The van der Waals surface area contributed by atoms with E-state index in [1.807, 2.05) is 19.1 Å². The minimum Gasteiger partial charge on any atom is -0.507 e. The highest BCUT2D eigenvalue weighted by Gasteiger charge is 2.12. The minimum atomic E-state index is -0.198. The molecule has 15 heavy (non-hydrogen) atoms. The number of benzene rings is 1. The monoisotopic (exact) mass is 294 g/mol. The fourth-order valence-corrected chi connectivity index (χ4v) is 1.97. The molecule has 1 atom stereocenters. The molecule has 5 heteroatoms. The number of hydrogen-bond donors (Lipinski definition) is 3. The van der Waals surface area contributed by atoms with Gasteiger partial charge in [-0.3, -0.25) is 0 Å². The average molecular weight is 296 g/mol. The van der Waals surface area contributed by atoms with Crippen LogP contribution in [0.5, 0.6) is 5.75 Å². The zero-order chi connectivity index (χ0) is 10.7. The van der Waals surface area contributed by atoms with Crippen LogP contribution in [0.4, 0.5) is 0 Å². The summed E-state index contributed by atoms with van der Waals surface area (Å²) < 4.78 is 0.926. The van der Waals surface area contributed by atoms with E-state index in [9.17, 15) is 5.11 Å². The first-order chi connectivity index (χ1) is 6.56. The van der Waals surface area contributed by atoms with Crippen LogP contribution in [0.3, 0.4) is 0 Å². The summed E-state index contributed by atoms with van der Waals surface area (Å²) in [6, 6.07) is 3.49. The van der Waals surface area contributed by atoms with Crippen LogP contribution in [0.25, 0.3) is 0 Å². The largest absolute Gasteiger partial charge is 0.507 e.